The predicted octanol–water partition coefficient (Wildman–Crippen LogP) is 1.23. The molecule has 1 saturated heterocycles. The second-order valence-corrected chi connectivity index (χ2v) is 8.15. The minimum absolute atomic E-state index is 0.179. The van der Waals surface area contributed by atoms with Crippen LogP contribution < -0.4 is 4.74 Å². The molecule has 1 fully saturated rings. The van der Waals surface area contributed by atoms with Gasteiger partial charge in [0.15, 0.2) is 6.23 Å². The highest BCUT2D eigenvalue weighted by molar-refractivity contribution is 7.71. The molecule has 0 amide bonds. The lowest BCUT2D eigenvalue weighted by atomic mass is 9.93. The van der Waals surface area contributed by atoms with Gasteiger partial charge < -0.3 is 34.5 Å². The van der Waals surface area contributed by atoms with Gasteiger partial charge in [-0.2, -0.15) is 5.26 Å². The van der Waals surface area contributed by atoms with Gasteiger partial charge in [0.05, 0.1) is 19.3 Å². The quantitative estimate of drug-likeness (QED) is 0.519. The zero-order valence-electron chi connectivity index (χ0n) is 16.9. The third-order valence-corrected chi connectivity index (χ3v) is 6.48. The Balaban J connectivity index is 1.91. The molecule has 31 heavy (non-hydrogen) atoms. The summed E-state index contributed by atoms with van der Waals surface area (Å²) in [7, 11) is 1.58. The van der Waals surface area contributed by atoms with Crippen molar-refractivity contribution in [1.82, 2.24) is 4.57 Å². The topological polar surface area (TPSA) is 128 Å². The molecule has 0 bridgehead atoms. The Labute approximate surface area is 184 Å². The molecule has 2 heterocycles. The SMILES string of the molecule is COc1ccc(-c2c3c(n([C@@H]4O[C@H](CO)[C@H](O)[C@H](O)[C@H]4O)c(=S)c2C#N)CCC3)cc1. The number of hydrogen-bond acceptors (Lipinski definition) is 8. The first-order valence-electron chi connectivity index (χ1n) is 10.1. The van der Waals surface area contributed by atoms with E-state index in [1.807, 2.05) is 24.3 Å². The zero-order chi connectivity index (χ0) is 22.3. The van der Waals surface area contributed by atoms with Crippen molar-refractivity contribution in [3.8, 4) is 22.9 Å². The van der Waals surface area contributed by atoms with E-state index in [0.717, 1.165) is 35.2 Å². The van der Waals surface area contributed by atoms with Crippen molar-refractivity contribution in [2.24, 2.45) is 0 Å². The van der Waals surface area contributed by atoms with Crippen LogP contribution in [0.1, 0.15) is 29.5 Å². The number of aliphatic hydroxyl groups excluding tert-OH is 4. The van der Waals surface area contributed by atoms with Gasteiger partial charge in [0, 0.05) is 11.3 Å². The van der Waals surface area contributed by atoms with Crippen molar-refractivity contribution in [3.63, 3.8) is 0 Å². The first kappa shape index (κ1) is 21.9. The summed E-state index contributed by atoms with van der Waals surface area (Å²) in [5, 5.41) is 50.6. The summed E-state index contributed by atoms with van der Waals surface area (Å²) in [6, 6.07) is 9.59. The first-order valence-corrected chi connectivity index (χ1v) is 10.5. The molecule has 0 radical (unpaired) electrons. The molecule has 1 aromatic heterocycles. The van der Waals surface area contributed by atoms with E-state index >= 15 is 0 Å². The summed E-state index contributed by atoms with van der Waals surface area (Å²) in [6.45, 7) is -0.536. The Bertz CT molecular complexity index is 1080. The molecule has 1 aliphatic carbocycles. The van der Waals surface area contributed by atoms with Gasteiger partial charge in [-0.3, -0.25) is 0 Å². The van der Waals surface area contributed by atoms with Crippen LogP contribution in [0.25, 0.3) is 11.1 Å². The van der Waals surface area contributed by atoms with Crippen LogP contribution in [0.15, 0.2) is 24.3 Å². The molecule has 2 aliphatic rings. The number of fused-ring (bicyclic) bond motifs is 1. The highest BCUT2D eigenvalue weighted by Gasteiger charge is 2.45. The van der Waals surface area contributed by atoms with Crippen molar-refractivity contribution in [2.75, 3.05) is 13.7 Å². The number of benzene rings is 1. The van der Waals surface area contributed by atoms with Crippen LogP contribution in [0.2, 0.25) is 0 Å². The largest absolute Gasteiger partial charge is 0.497 e. The van der Waals surface area contributed by atoms with Crippen LogP contribution >= 0.6 is 12.2 Å². The summed E-state index contributed by atoms with van der Waals surface area (Å²) in [6.07, 6.45) is -4.45. The Morgan fingerprint density at radius 2 is 1.87 bits per heavy atom. The van der Waals surface area contributed by atoms with Gasteiger partial charge >= 0.3 is 0 Å². The number of hydrogen-bond donors (Lipinski definition) is 4. The van der Waals surface area contributed by atoms with E-state index in [1.54, 1.807) is 11.7 Å². The van der Waals surface area contributed by atoms with E-state index in [2.05, 4.69) is 6.07 Å². The number of methoxy groups -OCH3 is 1. The zero-order valence-corrected chi connectivity index (χ0v) is 17.7. The van der Waals surface area contributed by atoms with Crippen molar-refractivity contribution in [1.29, 1.82) is 5.26 Å². The number of ether oxygens (including phenoxy) is 2. The molecule has 4 N–H and O–H groups in total. The van der Waals surface area contributed by atoms with Gasteiger partial charge in [0.25, 0.3) is 0 Å². The second kappa shape index (κ2) is 8.67. The van der Waals surface area contributed by atoms with E-state index in [0.29, 0.717) is 12.2 Å². The minimum atomic E-state index is -1.53. The van der Waals surface area contributed by atoms with Gasteiger partial charge in [-0.15, -0.1) is 0 Å². The molecule has 5 atom stereocenters. The molecule has 8 nitrogen and oxygen atoms in total. The highest BCUT2D eigenvalue weighted by Crippen LogP contribution is 2.40. The molecule has 2 aromatic rings. The molecule has 1 aromatic carbocycles. The average molecular weight is 445 g/mol. The summed E-state index contributed by atoms with van der Waals surface area (Å²) in [5.74, 6) is 0.699. The third kappa shape index (κ3) is 3.55. The van der Waals surface area contributed by atoms with Crippen LogP contribution in [0, 0.1) is 16.0 Å². The fourth-order valence-electron chi connectivity index (χ4n) is 4.51. The van der Waals surface area contributed by atoms with Crippen LogP contribution in [0.4, 0.5) is 0 Å². The first-order chi connectivity index (χ1) is 14.9. The van der Waals surface area contributed by atoms with Crippen LogP contribution in [-0.2, 0) is 17.6 Å². The maximum absolute atomic E-state index is 10.7. The Morgan fingerprint density at radius 1 is 1.16 bits per heavy atom. The van der Waals surface area contributed by atoms with Crippen molar-refractivity contribution >= 4 is 12.2 Å². The van der Waals surface area contributed by atoms with Crippen molar-refractivity contribution in [2.45, 2.75) is 49.9 Å². The normalized spacial score (nSPS) is 27.5. The molecule has 1 aliphatic heterocycles. The number of rotatable bonds is 4. The number of aliphatic hydroxyl groups is 4. The van der Waals surface area contributed by atoms with Crippen molar-refractivity contribution < 1.29 is 29.9 Å². The number of nitrogens with zero attached hydrogens (tertiary/aromatic N) is 2. The lowest BCUT2D eigenvalue weighted by Gasteiger charge is -2.41. The maximum Gasteiger partial charge on any atom is 0.164 e. The summed E-state index contributed by atoms with van der Waals surface area (Å²) >= 11 is 5.66. The van der Waals surface area contributed by atoms with Crippen LogP contribution in [-0.4, -0.2) is 63.1 Å². The molecule has 0 unspecified atom stereocenters. The standard InChI is InChI=1S/C22H24N2O6S/c1-29-12-7-5-11(6-8-12)17-13-3-2-4-15(13)24(22(31)14(17)9-23)21-20(28)19(27)18(26)16(10-25)30-21/h5-8,16,18-21,25-28H,2-4,10H2,1H3/t16-,18+,19+,20-,21-/m1/s1. The molecular formula is C22H24N2O6S. The molecule has 0 saturated carbocycles. The number of nitriles is 1. The molecular weight excluding hydrogens is 420 g/mol. The maximum atomic E-state index is 10.7. The molecule has 4 rings (SSSR count). The lowest BCUT2D eigenvalue weighted by Crippen LogP contribution is -2.56. The smallest absolute Gasteiger partial charge is 0.164 e. The fourth-order valence-corrected chi connectivity index (χ4v) is 4.87. The van der Waals surface area contributed by atoms with Gasteiger partial charge in [-0.1, -0.05) is 24.4 Å². The van der Waals surface area contributed by atoms with Crippen molar-refractivity contribution in [3.05, 3.63) is 45.7 Å². The van der Waals surface area contributed by atoms with E-state index < -0.39 is 37.3 Å². The monoisotopic (exact) mass is 444 g/mol. The molecule has 164 valence electrons. The fraction of sp³-hybridized carbons (Fsp3) is 0.455. The second-order valence-electron chi connectivity index (χ2n) is 7.76. The number of pyridine rings is 1. The van der Waals surface area contributed by atoms with Crippen LogP contribution in [0.5, 0.6) is 5.75 Å². The Kier molecular flexibility index (Phi) is 6.12. The van der Waals surface area contributed by atoms with E-state index in [-0.39, 0.29) is 10.2 Å². The summed E-state index contributed by atoms with van der Waals surface area (Å²) in [4.78, 5) is 0. The Morgan fingerprint density at radius 3 is 2.48 bits per heavy atom. The van der Waals surface area contributed by atoms with Gasteiger partial charge in [-0.05, 0) is 42.5 Å². The summed E-state index contributed by atoms with van der Waals surface area (Å²) < 4.78 is 12.7. The average Bonchev–Trinajstić information content (AvgIpc) is 3.27. The van der Waals surface area contributed by atoms with Gasteiger partial charge in [0.2, 0.25) is 0 Å². The minimum Gasteiger partial charge on any atom is -0.497 e. The molecule has 9 heteroatoms. The summed E-state index contributed by atoms with van der Waals surface area (Å²) in [5.41, 5.74) is 3.62. The molecule has 0 spiro atoms. The van der Waals surface area contributed by atoms with E-state index in [1.165, 1.54) is 0 Å². The lowest BCUT2D eigenvalue weighted by molar-refractivity contribution is -0.252. The van der Waals surface area contributed by atoms with E-state index in [9.17, 15) is 25.7 Å². The van der Waals surface area contributed by atoms with Gasteiger partial charge in [-0.25, -0.2) is 0 Å². The number of aromatic nitrogens is 1. The third-order valence-electron chi connectivity index (χ3n) is 6.08. The predicted molar refractivity (Wildman–Crippen MR) is 113 cm³/mol. The van der Waals surface area contributed by atoms with E-state index in [4.69, 9.17) is 21.7 Å². The highest BCUT2D eigenvalue weighted by atomic mass is 32.1. The Hall–Kier alpha value is -2.32. The van der Waals surface area contributed by atoms with Gasteiger partial charge in [0.1, 0.15) is 40.9 Å². The van der Waals surface area contributed by atoms with Crippen LogP contribution in [0.3, 0.4) is 0 Å².